The first kappa shape index (κ1) is 20.6. The van der Waals surface area contributed by atoms with Crippen LogP contribution in [0.3, 0.4) is 0 Å². The molecule has 0 fully saturated rings. The van der Waals surface area contributed by atoms with E-state index in [-0.39, 0.29) is 16.4 Å². The van der Waals surface area contributed by atoms with Crippen molar-refractivity contribution in [3.63, 3.8) is 0 Å². The molecule has 0 unspecified atom stereocenters. The van der Waals surface area contributed by atoms with E-state index in [1.54, 1.807) is 18.9 Å². The monoisotopic (exact) mass is 443 g/mol. The molecule has 0 bridgehead atoms. The topological polar surface area (TPSA) is 76.2 Å². The second-order valence-electron chi connectivity index (χ2n) is 7.09. The van der Waals surface area contributed by atoms with Gasteiger partial charge in [0.05, 0.1) is 17.6 Å². The van der Waals surface area contributed by atoms with E-state index in [0.29, 0.717) is 28.9 Å². The van der Waals surface area contributed by atoms with Gasteiger partial charge in [-0.3, -0.25) is 9.89 Å². The van der Waals surface area contributed by atoms with Gasteiger partial charge in [-0.2, -0.15) is 5.10 Å². The Hall–Kier alpha value is -2.64. The molecule has 1 aromatic heterocycles. The smallest absolute Gasteiger partial charge is 0.238 e. The number of hydrogen-bond donors (Lipinski definition) is 2. The summed E-state index contributed by atoms with van der Waals surface area (Å²) in [6, 6.07) is 13.4. The highest BCUT2D eigenvalue weighted by Crippen LogP contribution is 2.46. The first-order valence-corrected chi connectivity index (χ1v) is 10.8. The van der Waals surface area contributed by atoms with Crippen LogP contribution in [0.25, 0.3) is 0 Å². The lowest BCUT2D eigenvalue weighted by Crippen LogP contribution is -2.21. The van der Waals surface area contributed by atoms with E-state index in [9.17, 15) is 4.79 Å². The Bertz CT molecular complexity index is 1090. The average molecular weight is 444 g/mol. The number of ether oxygens (including phenoxy) is 2. The third kappa shape index (κ3) is 4.13. The summed E-state index contributed by atoms with van der Waals surface area (Å²) in [5.41, 5.74) is 3.90. The number of H-pyrrole nitrogens is 1. The zero-order valence-electron chi connectivity index (χ0n) is 16.9. The molecular weight excluding hydrogens is 422 g/mol. The lowest BCUT2D eigenvalue weighted by molar-refractivity contribution is -0.115. The minimum absolute atomic E-state index is 0.0521. The van der Waals surface area contributed by atoms with Crippen LogP contribution in [0.2, 0.25) is 5.02 Å². The van der Waals surface area contributed by atoms with Crippen LogP contribution in [-0.4, -0.2) is 28.5 Å². The highest BCUT2D eigenvalue weighted by Gasteiger charge is 2.32. The maximum atomic E-state index is 12.3. The molecule has 3 aromatic rings. The van der Waals surface area contributed by atoms with E-state index in [4.69, 9.17) is 21.1 Å². The number of nitrogens with one attached hydrogen (secondary N) is 2. The number of fused-ring (bicyclic) bond motifs is 1. The lowest BCUT2D eigenvalue weighted by atomic mass is 10.0. The number of aromatic amines is 1. The van der Waals surface area contributed by atoms with Crippen LogP contribution in [0.15, 0.2) is 42.5 Å². The Morgan fingerprint density at radius 1 is 1.20 bits per heavy atom. The number of nitrogens with zero attached hydrogens (tertiary/aromatic N) is 1. The van der Waals surface area contributed by atoms with Crippen molar-refractivity contribution in [1.82, 2.24) is 10.2 Å². The Balaban J connectivity index is 1.63. The Labute approximate surface area is 184 Å². The second kappa shape index (κ2) is 8.62. The fraction of sp³-hybridized carbons (Fsp3) is 0.273. The molecule has 1 amide bonds. The molecule has 156 valence electrons. The number of carbonyl (C=O) groups is 1. The number of carbonyl (C=O) groups excluding carboxylic acids is 1. The van der Waals surface area contributed by atoms with Gasteiger partial charge in [-0.1, -0.05) is 29.8 Å². The molecule has 8 heteroatoms. The summed E-state index contributed by atoms with van der Waals surface area (Å²) in [5.74, 6) is 1.81. The Morgan fingerprint density at radius 3 is 2.80 bits per heavy atom. The molecule has 0 radical (unpaired) electrons. The summed E-state index contributed by atoms with van der Waals surface area (Å²) in [6.45, 7) is 4.24. The van der Waals surface area contributed by atoms with Gasteiger partial charge < -0.3 is 14.8 Å². The molecule has 2 N–H and O–H groups in total. The molecule has 4 rings (SSSR count). The average Bonchev–Trinajstić information content (AvgIpc) is 3.03. The molecule has 0 spiro atoms. The zero-order chi connectivity index (χ0) is 21.3. The Morgan fingerprint density at radius 2 is 2.03 bits per heavy atom. The van der Waals surface area contributed by atoms with Crippen molar-refractivity contribution in [2.24, 2.45) is 0 Å². The number of aromatic nitrogens is 2. The predicted molar refractivity (Wildman–Crippen MR) is 120 cm³/mol. The van der Waals surface area contributed by atoms with Gasteiger partial charge in [-0.15, -0.1) is 11.8 Å². The summed E-state index contributed by atoms with van der Waals surface area (Å²) in [4.78, 5) is 12.3. The maximum absolute atomic E-state index is 12.3. The largest absolute Gasteiger partial charge is 0.493 e. The van der Waals surface area contributed by atoms with E-state index in [2.05, 4.69) is 15.5 Å². The van der Waals surface area contributed by atoms with E-state index in [0.717, 1.165) is 22.4 Å². The molecule has 0 saturated carbocycles. The van der Waals surface area contributed by atoms with Crippen LogP contribution < -0.4 is 14.8 Å². The first-order chi connectivity index (χ1) is 14.5. The van der Waals surface area contributed by atoms with Crippen LogP contribution in [0.1, 0.15) is 34.6 Å². The molecule has 2 heterocycles. The van der Waals surface area contributed by atoms with Gasteiger partial charge in [0.1, 0.15) is 6.61 Å². The van der Waals surface area contributed by atoms with E-state index >= 15 is 0 Å². The SMILES string of the molecule is COc1cc([C@H]2S[C@H](C)C(=O)Nc3n[nH]c(C)c32)ccc1OCc1cccc(Cl)c1. The zero-order valence-corrected chi connectivity index (χ0v) is 18.4. The van der Waals surface area contributed by atoms with Crippen molar-refractivity contribution in [1.29, 1.82) is 0 Å². The van der Waals surface area contributed by atoms with Gasteiger partial charge in [0, 0.05) is 16.3 Å². The second-order valence-corrected chi connectivity index (χ2v) is 8.97. The van der Waals surface area contributed by atoms with Gasteiger partial charge in [-0.25, -0.2) is 0 Å². The van der Waals surface area contributed by atoms with Crippen molar-refractivity contribution in [3.05, 3.63) is 69.9 Å². The van der Waals surface area contributed by atoms with Gasteiger partial charge in [0.2, 0.25) is 5.91 Å². The maximum Gasteiger partial charge on any atom is 0.238 e. The third-order valence-corrected chi connectivity index (χ3v) is 6.62. The molecule has 0 aliphatic carbocycles. The van der Waals surface area contributed by atoms with E-state index in [1.165, 1.54) is 0 Å². The van der Waals surface area contributed by atoms with Crippen molar-refractivity contribution < 1.29 is 14.3 Å². The fourth-order valence-corrected chi connectivity index (χ4v) is 4.94. The number of methoxy groups -OCH3 is 1. The summed E-state index contributed by atoms with van der Waals surface area (Å²) < 4.78 is 11.6. The number of thioether (sulfide) groups is 1. The van der Waals surface area contributed by atoms with E-state index in [1.807, 2.05) is 56.3 Å². The summed E-state index contributed by atoms with van der Waals surface area (Å²) >= 11 is 7.64. The van der Waals surface area contributed by atoms with Crippen LogP contribution in [0.4, 0.5) is 5.82 Å². The van der Waals surface area contributed by atoms with Gasteiger partial charge >= 0.3 is 0 Å². The molecular formula is C22H22ClN3O3S. The predicted octanol–water partition coefficient (Wildman–Crippen LogP) is 5.12. The Kier molecular flexibility index (Phi) is 5.92. The van der Waals surface area contributed by atoms with Crippen LogP contribution >= 0.6 is 23.4 Å². The van der Waals surface area contributed by atoms with Crippen molar-refractivity contribution >= 4 is 35.1 Å². The minimum Gasteiger partial charge on any atom is -0.493 e. The fourth-order valence-electron chi connectivity index (χ4n) is 3.41. The molecule has 30 heavy (non-hydrogen) atoms. The minimum atomic E-state index is -0.214. The van der Waals surface area contributed by atoms with Crippen LogP contribution in [0.5, 0.6) is 11.5 Å². The highest BCUT2D eigenvalue weighted by molar-refractivity contribution is 8.01. The van der Waals surface area contributed by atoms with Crippen LogP contribution in [0, 0.1) is 6.92 Å². The molecule has 2 aromatic carbocycles. The third-order valence-electron chi connectivity index (χ3n) is 4.98. The van der Waals surface area contributed by atoms with Crippen molar-refractivity contribution in [2.45, 2.75) is 31.0 Å². The number of anilines is 1. The normalized spacial score (nSPS) is 18.3. The van der Waals surface area contributed by atoms with Gasteiger partial charge in [0.25, 0.3) is 0 Å². The molecule has 6 nitrogen and oxygen atoms in total. The quantitative estimate of drug-likeness (QED) is 0.572. The summed E-state index contributed by atoms with van der Waals surface area (Å²) in [7, 11) is 1.62. The number of aryl methyl sites for hydroxylation is 1. The number of rotatable bonds is 5. The number of amides is 1. The van der Waals surface area contributed by atoms with Gasteiger partial charge in [-0.05, 0) is 49.2 Å². The molecule has 1 aliphatic heterocycles. The number of halogens is 1. The summed E-state index contributed by atoms with van der Waals surface area (Å²) in [6.07, 6.45) is 0. The highest BCUT2D eigenvalue weighted by atomic mass is 35.5. The summed E-state index contributed by atoms with van der Waals surface area (Å²) in [5, 5.41) is 10.6. The molecule has 2 atom stereocenters. The number of benzene rings is 2. The van der Waals surface area contributed by atoms with Gasteiger partial charge in [0.15, 0.2) is 17.3 Å². The van der Waals surface area contributed by atoms with Crippen molar-refractivity contribution in [2.75, 3.05) is 12.4 Å². The van der Waals surface area contributed by atoms with E-state index < -0.39 is 0 Å². The van der Waals surface area contributed by atoms with Crippen LogP contribution in [-0.2, 0) is 11.4 Å². The lowest BCUT2D eigenvalue weighted by Gasteiger charge is -2.19. The first-order valence-electron chi connectivity index (χ1n) is 9.52. The standard InChI is InChI=1S/C22H22ClN3O3S/c1-12-19-20(30-13(2)22(27)24-21(19)26-25-12)15-7-8-17(18(10-15)28-3)29-11-14-5-4-6-16(23)9-14/h4-10,13,20H,11H2,1-3H3,(H2,24,25,26,27)/t13-,20-/m1/s1. The number of hydrogen-bond acceptors (Lipinski definition) is 5. The van der Waals surface area contributed by atoms with Crippen molar-refractivity contribution in [3.8, 4) is 11.5 Å². The molecule has 1 aliphatic rings. The molecule has 0 saturated heterocycles.